The van der Waals surface area contributed by atoms with Gasteiger partial charge in [-0.25, -0.2) is 0 Å². The second-order valence-corrected chi connectivity index (χ2v) is 5.50. The molecular weight excluding hydrogens is 230 g/mol. The molecule has 0 bridgehead atoms. The van der Waals surface area contributed by atoms with Crippen LogP contribution in [0.25, 0.3) is 0 Å². The first-order valence-electron chi connectivity index (χ1n) is 4.45. The SMILES string of the molecule is Cc1nnc(SCCn2cc(N)cn2)s1. The number of anilines is 1. The lowest BCUT2D eigenvalue weighted by Crippen LogP contribution is -2.00. The van der Waals surface area contributed by atoms with Gasteiger partial charge in [0.15, 0.2) is 4.34 Å². The zero-order valence-electron chi connectivity index (χ0n) is 8.25. The summed E-state index contributed by atoms with van der Waals surface area (Å²) in [4.78, 5) is 0. The Morgan fingerprint density at radius 2 is 2.40 bits per heavy atom. The summed E-state index contributed by atoms with van der Waals surface area (Å²) in [5, 5.41) is 13.1. The lowest BCUT2D eigenvalue weighted by atomic mass is 10.6. The average Bonchev–Trinajstić information content (AvgIpc) is 2.76. The van der Waals surface area contributed by atoms with Crippen LogP contribution < -0.4 is 5.73 Å². The smallest absolute Gasteiger partial charge is 0.174 e. The molecule has 0 unspecified atom stereocenters. The van der Waals surface area contributed by atoms with Crippen LogP contribution in [0, 0.1) is 6.92 Å². The molecule has 0 aromatic carbocycles. The minimum absolute atomic E-state index is 0.701. The third-order valence-corrected chi connectivity index (χ3v) is 3.66. The lowest BCUT2D eigenvalue weighted by Gasteiger charge is -1.97. The van der Waals surface area contributed by atoms with Crippen LogP contribution in [0.4, 0.5) is 5.69 Å². The van der Waals surface area contributed by atoms with E-state index in [-0.39, 0.29) is 0 Å². The number of hydrogen-bond acceptors (Lipinski definition) is 6. The first-order chi connectivity index (χ1) is 7.24. The standard InChI is InChI=1S/C8H11N5S2/c1-6-11-12-8(15-6)14-3-2-13-5-7(9)4-10-13/h4-5H,2-3,9H2,1H3. The Balaban J connectivity index is 1.80. The summed E-state index contributed by atoms with van der Waals surface area (Å²) in [5.41, 5.74) is 6.26. The number of aryl methyl sites for hydroxylation is 2. The number of nitrogens with zero attached hydrogens (tertiary/aromatic N) is 4. The molecule has 80 valence electrons. The largest absolute Gasteiger partial charge is 0.396 e. The molecule has 0 atom stereocenters. The molecule has 2 heterocycles. The van der Waals surface area contributed by atoms with Crippen LogP contribution in [0.2, 0.25) is 0 Å². The van der Waals surface area contributed by atoms with Crippen molar-refractivity contribution in [1.29, 1.82) is 0 Å². The maximum atomic E-state index is 5.55. The first-order valence-corrected chi connectivity index (χ1v) is 6.25. The molecule has 5 nitrogen and oxygen atoms in total. The Morgan fingerprint density at radius 3 is 3.00 bits per heavy atom. The zero-order valence-corrected chi connectivity index (χ0v) is 9.88. The highest BCUT2D eigenvalue weighted by Crippen LogP contribution is 2.21. The molecule has 2 N–H and O–H groups in total. The number of rotatable bonds is 4. The minimum atomic E-state index is 0.701. The number of nitrogen functional groups attached to an aromatic ring is 1. The van der Waals surface area contributed by atoms with Crippen LogP contribution in [0.3, 0.4) is 0 Å². The molecule has 2 rings (SSSR count). The molecule has 0 spiro atoms. The van der Waals surface area contributed by atoms with Gasteiger partial charge >= 0.3 is 0 Å². The highest BCUT2D eigenvalue weighted by molar-refractivity contribution is 8.01. The third-order valence-electron chi connectivity index (χ3n) is 1.71. The fraction of sp³-hybridized carbons (Fsp3) is 0.375. The van der Waals surface area contributed by atoms with Crippen molar-refractivity contribution in [2.24, 2.45) is 0 Å². The highest BCUT2D eigenvalue weighted by Gasteiger charge is 2.01. The molecule has 0 aliphatic carbocycles. The van der Waals surface area contributed by atoms with Crippen LogP contribution in [0.5, 0.6) is 0 Å². The Morgan fingerprint density at radius 1 is 1.53 bits per heavy atom. The monoisotopic (exact) mass is 241 g/mol. The fourth-order valence-corrected chi connectivity index (χ4v) is 2.88. The van der Waals surface area contributed by atoms with Crippen LogP contribution in [-0.2, 0) is 6.54 Å². The molecule has 0 aliphatic heterocycles. The second-order valence-electron chi connectivity index (χ2n) is 2.97. The lowest BCUT2D eigenvalue weighted by molar-refractivity contribution is 0.666. The van der Waals surface area contributed by atoms with E-state index in [1.54, 1.807) is 29.3 Å². The van der Waals surface area contributed by atoms with Crippen molar-refractivity contribution in [2.45, 2.75) is 17.8 Å². The van der Waals surface area contributed by atoms with Gasteiger partial charge in [-0.15, -0.1) is 10.2 Å². The Hall–Kier alpha value is -1.08. The van der Waals surface area contributed by atoms with Gasteiger partial charge in [-0.3, -0.25) is 4.68 Å². The van der Waals surface area contributed by atoms with Crippen LogP contribution in [0.1, 0.15) is 5.01 Å². The van der Waals surface area contributed by atoms with Gasteiger partial charge in [0.05, 0.1) is 18.4 Å². The van der Waals surface area contributed by atoms with E-state index >= 15 is 0 Å². The van der Waals surface area contributed by atoms with Crippen molar-refractivity contribution in [2.75, 3.05) is 11.5 Å². The fourth-order valence-electron chi connectivity index (χ4n) is 1.07. The van der Waals surface area contributed by atoms with Gasteiger partial charge in [-0.1, -0.05) is 23.1 Å². The molecule has 15 heavy (non-hydrogen) atoms. The third kappa shape index (κ3) is 2.93. The molecule has 2 aromatic rings. The number of aromatic nitrogens is 4. The van der Waals surface area contributed by atoms with Gasteiger partial charge in [-0.05, 0) is 6.92 Å². The number of nitrogens with two attached hydrogens (primary N) is 1. The first kappa shape index (κ1) is 10.4. The van der Waals surface area contributed by atoms with E-state index in [1.165, 1.54) is 0 Å². The average molecular weight is 241 g/mol. The van der Waals surface area contributed by atoms with E-state index in [0.29, 0.717) is 5.69 Å². The van der Waals surface area contributed by atoms with E-state index < -0.39 is 0 Å². The second kappa shape index (κ2) is 4.63. The summed E-state index contributed by atoms with van der Waals surface area (Å²) >= 11 is 3.30. The van der Waals surface area contributed by atoms with Gasteiger partial charge in [0.25, 0.3) is 0 Å². The molecule has 2 aromatic heterocycles. The van der Waals surface area contributed by atoms with E-state index in [1.807, 2.05) is 17.8 Å². The van der Waals surface area contributed by atoms with E-state index in [0.717, 1.165) is 21.6 Å². The van der Waals surface area contributed by atoms with Crippen LogP contribution in [0.15, 0.2) is 16.7 Å². The molecule has 0 saturated carbocycles. The van der Waals surface area contributed by atoms with Gasteiger partial charge in [0.1, 0.15) is 5.01 Å². The highest BCUT2D eigenvalue weighted by atomic mass is 32.2. The molecular formula is C8H11N5S2. The van der Waals surface area contributed by atoms with Gasteiger partial charge in [0, 0.05) is 11.9 Å². The normalized spacial score (nSPS) is 10.7. The summed E-state index contributed by atoms with van der Waals surface area (Å²) in [5.74, 6) is 0.926. The summed E-state index contributed by atoms with van der Waals surface area (Å²) < 4.78 is 2.84. The molecule has 7 heteroatoms. The molecule has 0 saturated heterocycles. The van der Waals surface area contributed by atoms with Crippen molar-refractivity contribution in [3.05, 3.63) is 17.4 Å². The molecule has 0 radical (unpaired) electrons. The summed E-state index contributed by atoms with van der Waals surface area (Å²) in [6.07, 6.45) is 3.48. The zero-order chi connectivity index (χ0) is 10.7. The van der Waals surface area contributed by atoms with Crippen LogP contribution in [-0.4, -0.2) is 25.7 Å². The van der Waals surface area contributed by atoms with Gasteiger partial charge in [-0.2, -0.15) is 5.10 Å². The van der Waals surface area contributed by atoms with Crippen LogP contribution >= 0.6 is 23.1 Å². The predicted octanol–water partition coefficient (Wildman–Crippen LogP) is 1.42. The minimum Gasteiger partial charge on any atom is -0.396 e. The van der Waals surface area contributed by atoms with Crippen molar-refractivity contribution >= 4 is 28.8 Å². The quantitative estimate of drug-likeness (QED) is 0.820. The van der Waals surface area contributed by atoms with Gasteiger partial charge < -0.3 is 5.73 Å². The Bertz CT molecular complexity index is 395. The van der Waals surface area contributed by atoms with Crippen molar-refractivity contribution in [3.8, 4) is 0 Å². The summed E-state index contributed by atoms with van der Waals surface area (Å²) in [7, 11) is 0. The van der Waals surface area contributed by atoms with Gasteiger partial charge in [0.2, 0.25) is 0 Å². The summed E-state index contributed by atoms with van der Waals surface area (Å²) in [6, 6.07) is 0. The maximum Gasteiger partial charge on any atom is 0.174 e. The molecule has 0 aliphatic rings. The number of thioether (sulfide) groups is 1. The summed E-state index contributed by atoms with van der Waals surface area (Å²) in [6.45, 7) is 2.79. The Labute approximate surface area is 95.7 Å². The Kier molecular flexibility index (Phi) is 3.22. The predicted molar refractivity (Wildman–Crippen MR) is 62.0 cm³/mol. The van der Waals surface area contributed by atoms with Crippen molar-refractivity contribution in [3.63, 3.8) is 0 Å². The van der Waals surface area contributed by atoms with Crippen molar-refractivity contribution < 1.29 is 0 Å². The van der Waals surface area contributed by atoms with E-state index in [4.69, 9.17) is 5.73 Å². The van der Waals surface area contributed by atoms with Crippen molar-refractivity contribution in [1.82, 2.24) is 20.0 Å². The number of hydrogen-bond donors (Lipinski definition) is 1. The maximum absolute atomic E-state index is 5.55. The molecule has 0 amide bonds. The topological polar surface area (TPSA) is 69.6 Å². The van der Waals surface area contributed by atoms with E-state index in [2.05, 4.69) is 15.3 Å². The molecule has 0 fully saturated rings. The van der Waals surface area contributed by atoms with E-state index in [9.17, 15) is 0 Å².